The van der Waals surface area contributed by atoms with Gasteiger partial charge in [-0.15, -0.1) is 0 Å². The fourth-order valence-electron chi connectivity index (χ4n) is 4.18. The smallest absolute Gasteiger partial charge is 0.246 e. The summed E-state index contributed by atoms with van der Waals surface area (Å²) < 4.78 is 25.6. The van der Waals surface area contributed by atoms with Crippen molar-refractivity contribution in [2.24, 2.45) is 17.3 Å². The van der Waals surface area contributed by atoms with Crippen LogP contribution in [0.4, 0.5) is 5.69 Å². The van der Waals surface area contributed by atoms with Crippen molar-refractivity contribution >= 4 is 21.6 Å². The summed E-state index contributed by atoms with van der Waals surface area (Å²) in [6.07, 6.45) is 1.09. The van der Waals surface area contributed by atoms with Gasteiger partial charge in [0.2, 0.25) is 15.9 Å². The molecule has 3 rings (SSSR count). The average molecular weight is 368 g/mol. The Hall–Kier alpha value is -1.64. The molecule has 8 heteroatoms. The molecule has 0 radical (unpaired) electrons. The zero-order valence-corrected chi connectivity index (χ0v) is 15.2. The summed E-state index contributed by atoms with van der Waals surface area (Å²) in [5.74, 6) is -0.0876. The number of hydrogen-bond donors (Lipinski definition) is 2. The van der Waals surface area contributed by atoms with Gasteiger partial charge in [-0.1, -0.05) is 18.2 Å². The number of nitrogens with zero attached hydrogens (tertiary/aromatic N) is 2. The number of piperidine rings is 1. The van der Waals surface area contributed by atoms with Crippen molar-refractivity contribution in [1.29, 1.82) is 0 Å². The van der Waals surface area contributed by atoms with Crippen LogP contribution in [0.3, 0.4) is 0 Å². The van der Waals surface area contributed by atoms with E-state index in [-0.39, 0.29) is 31.0 Å². The van der Waals surface area contributed by atoms with E-state index >= 15 is 0 Å². The predicted molar refractivity (Wildman–Crippen MR) is 93.4 cm³/mol. The van der Waals surface area contributed by atoms with Crippen LogP contribution >= 0.6 is 0 Å². The SMILES string of the molecule is CC(C(=O)N1CC2C(C1)C2(CO)CO)N(c1ccccc1)S(C)(=O)=O. The predicted octanol–water partition coefficient (Wildman–Crippen LogP) is -0.0997. The Balaban J connectivity index is 1.76. The number of anilines is 1. The van der Waals surface area contributed by atoms with E-state index in [1.807, 2.05) is 0 Å². The largest absolute Gasteiger partial charge is 0.396 e. The fraction of sp³-hybridized carbons (Fsp3) is 0.588. The maximum atomic E-state index is 12.9. The molecule has 0 aromatic heterocycles. The number of carbonyl (C=O) groups is 1. The number of para-hydroxylation sites is 1. The van der Waals surface area contributed by atoms with E-state index in [1.54, 1.807) is 42.2 Å². The minimum absolute atomic E-state index is 0.0852. The molecule has 1 saturated carbocycles. The molecule has 1 saturated heterocycles. The van der Waals surface area contributed by atoms with Crippen LogP contribution in [0.15, 0.2) is 30.3 Å². The van der Waals surface area contributed by atoms with Crippen molar-refractivity contribution in [2.45, 2.75) is 13.0 Å². The number of aliphatic hydroxyl groups excluding tert-OH is 2. The molecule has 1 aromatic rings. The maximum Gasteiger partial charge on any atom is 0.246 e. The Morgan fingerprint density at radius 2 is 1.76 bits per heavy atom. The number of rotatable bonds is 6. The first-order valence-electron chi connectivity index (χ1n) is 8.31. The van der Waals surface area contributed by atoms with E-state index in [1.165, 1.54) is 0 Å². The van der Waals surface area contributed by atoms with Crippen LogP contribution in [0.1, 0.15) is 6.92 Å². The zero-order chi connectivity index (χ0) is 18.4. The van der Waals surface area contributed by atoms with Crippen molar-refractivity contribution < 1.29 is 23.4 Å². The number of hydrogen-bond acceptors (Lipinski definition) is 5. The molecule has 3 unspecified atom stereocenters. The minimum atomic E-state index is -3.62. The van der Waals surface area contributed by atoms with Crippen LogP contribution in [0, 0.1) is 17.3 Å². The van der Waals surface area contributed by atoms with Gasteiger partial charge in [-0.05, 0) is 30.9 Å². The maximum absolute atomic E-state index is 12.9. The van der Waals surface area contributed by atoms with Crippen LogP contribution < -0.4 is 4.31 Å². The summed E-state index contributed by atoms with van der Waals surface area (Å²) in [5, 5.41) is 19.0. The molecule has 7 nitrogen and oxygen atoms in total. The molecular weight excluding hydrogens is 344 g/mol. The molecule has 2 aliphatic rings. The molecule has 2 N–H and O–H groups in total. The van der Waals surface area contributed by atoms with Crippen molar-refractivity contribution in [2.75, 3.05) is 36.9 Å². The van der Waals surface area contributed by atoms with Gasteiger partial charge < -0.3 is 15.1 Å². The Morgan fingerprint density at radius 3 is 2.20 bits per heavy atom. The average Bonchev–Trinajstić information content (AvgIpc) is 2.94. The van der Waals surface area contributed by atoms with Crippen LogP contribution in [0.25, 0.3) is 0 Å². The highest BCUT2D eigenvalue weighted by atomic mass is 32.2. The van der Waals surface area contributed by atoms with Crippen molar-refractivity contribution in [1.82, 2.24) is 4.90 Å². The van der Waals surface area contributed by atoms with E-state index in [0.717, 1.165) is 10.6 Å². The van der Waals surface area contributed by atoms with Crippen LogP contribution in [-0.2, 0) is 14.8 Å². The first-order valence-corrected chi connectivity index (χ1v) is 10.2. The van der Waals surface area contributed by atoms with Gasteiger partial charge >= 0.3 is 0 Å². The number of fused-ring (bicyclic) bond motifs is 1. The lowest BCUT2D eigenvalue weighted by Gasteiger charge is -2.32. The van der Waals surface area contributed by atoms with Crippen LogP contribution in [-0.4, -0.2) is 68.0 Å². The Labute approximate surface area is 147 Å². The van der Waals surface area contributed by atoms with Crippen molar-refractivity contribution in [3.05, 3.63) is 30.3 Å². The van der Waals surface area contributed by atoms with E-state index in [4.69, 9.17) is 0 Å². The number of amides is 1. The van der Waals surface area contributed by atoms with Gasteiger partial charge in [-0.2, -0.15) is 0 Å². The summed E-state index contributed by atoms with van der Waals surface area (Å²) in [5.41, 5.74) is -0.0223. The molecule has 1 heterocycles. The second kappa shape index (κ2) is 6.26. The number of benzene rings is 1. The van der Waals surface area contributed by atoms with Gasteiger partial charge in [0, 0.05) is 18.5 Å². The summed E-state index contributed by atoms with van der Waals surface area (Å²) in [6.45, 7) is 2.31. The number of likely N-dealkylation sites (tertiary alicyclic amines) is 1. The summed E-state index contributed by atoms with van der Waals surface area (Å²) in [4.78, 5) is 14.5. The molecule has 3 atom stereocenters. The molecule has 0 bridgehead atoms. The van der Waals surface area contributed by atoms with E-state index < -0.39 is 21.5 Å². The molecule has 138 valence electrons. The van der Waals surface area contributed by atoms with E-state index in [9.17, 15) is 23.4 Å². The third-order valence-electron chi connectivity index (χ3n) is 5.67. The number of aliphatic hydroxyl groups is 2. The first-order chi connectivity index (χ1) is 11.8. The van der Waals surface area contributed by atoms with Crippen molar-refractivity contribution in [3.63, 3.8) is 0 Å². The molecule has 1 aromatic carbocycles. The Bertz CT molecular complexity index is 734. The normalized spacial score (nSPS) is 25.4. The summed E-state index contributed by atoms with van der Waals surface area (Å²) >= 11 is 0. The first kappa shape index (κ1) is 18.2. The number of carbonyl (C=O) groups excluding carboxylic acids is 1. The molecule has 2 fully saturated rings. The summed E-state index contributed by atoms with van der Waals surface area (Å²) in [7, 11) is -3.62. The third-order valence-corrected chi connectivity index (χ3v) is 6.91. The Kier molecular flexibility index (Phi) is 4.55. The summed E-state index contributed by atoms with van der Waals surface area (Å²) in [6, 6.07) is 7.71. The van der Waals surface area contributed by atoms with Crippen LogP contribution in [0.2, 0.25) is 0 Å². The highest BCUT2D eigenvalue weighted by Crippen LogP contribution is 2.62. The highest BCUT2D eigenvalue weighted by molar-refractivity contribution is 7.92. The third kappa shape index (κ3) is 2.92. The highest BCUT2D eigenvalue weighted by Gasteiger charge is 2.68. The lowest BCUT2D eigenvalue weighted by molar-refractivity contribution is -0.132. The minimum Gasteiger partial charge on any atom is -0.396 e. The lowest BCUT2D eigenvalue weighted by Crippen LogP contribution is -2.50. The quantitative estimate of drug-likeness (QED) is 0.731. The topological polar surface area (TPSA) is 98.2 Å². The van der Waals surface area contributed by atoms with Gasteiger partial charge in [-0.3, -0.25) is 9.10 Å². The molecule has 1 aliphatic carbocycles. The zero-order valence-electron chi connectivity index (χ0n) is 14.4. The van der Waals surface area contributed by atoms with Crippen LogP contribution in [0.5, 0.6) is 0 Å². The van der Waals surface area contributed by atoms with Gasteiger partial charge in [-0.25, -0.2) is 8.42 Å². The van der Waals surface area contributed by atoms with Gasteiger partial charge in [0.05, 0.1) is 25.2 Å². The van der Waals surface area contributed by atoms with Gasteiger partial charge in [0.25, 0.3) is 0 Å². The molecule has 1 aliphatic heterocycles. The molecule has 1 amide bonds. The number of sulfonamides is 1. The molecule has 0 spiro atoms. The molecule has 25 heavy (non-hydrogen) atoms. The van der Waals surface area contributed by atoms with Gasteiger partial charge in [0.1, 0.15) is 6.04 Å². The second-order valence-corrected chi connectivity index (χ2v) is 8.94. The van der Waals surface area contributed by atoms with E-state index in [0.29, 0.717) is 18.8 Å². The Morgan fingerprint density at radius 1 is 1.24 bits per heavy atom. The molecular formula is C17H24N2O5S. The monoisotopic (exact) mass is 368 g/mol. The fourth-order valence-corrected chi connectivity index (χ4v) is 5.35. The standard InChI is InChI=1S/C17H24N2O5S/c1-12(19(25(2,23)24)13-6-4-3-5-7-13)16(22)18-8-14-15(9-18)17(14,10-20)11-21/h3-7,12,14-15,20-21H,8-11H2,1-2H3. The second-order valence-electron chi connectivity index (χ2n) is 7.08. The lowest BCUT2D eigenvalue weighted by atomic mass is 10.0. The van der Waals surface area contributed by atoms with Gasteiger partial charge in [0.15, 0.2) is 0 Å². The van der Waals surface area contributed by atoms with Crippen molar-refractivity contribution in [3.8, 4) is 0 Å². The van der Waals surface area contributed by atoms with E-state index in [2.05, 4.69) is 0 Å².